The molecule has 0 spiro atoms. The molecular formula is C17H19N3O3. The van der Waals surface area contributed by atoms with Gasteiger partial charge in [0.15, 0.2) is 0 Å². The average molecular weight is 313 g/mol. The summed E-state index contributed by atoms with van der Waals surface area (Å²) in [5.41, 5.74) is 3.35. The maximum absolute atomic E-state index is 12.2. The number of carbonyl (C=O) groups excluding carboxylic acids is 1. The Labute approximate surface area is 134 Å². The van der Waals surface area contributed by atoms with E-state index in [0.717, 1.165) is 25.7 Å². The summed E-state index contributed by atoms with van der Waals surface area (Å²) >= 11 is 0. The Kier molecular flexibility index (Phi) is 4.50. The van der Waals surface area contributed by atoms with E-state index in [-0.39, 0.29) is 17.5 Å². The third-order valence-electron chi connectivity index (χ3n) is 4.63. The molecule has 0 aliphatic heterocycles. The van der Waals surface area contributed by atoms with Gasteiger partial charge in [0.1, 0.15) is 0 Å². The number of hydrogen-bond acceptors (Lipinski definition) is 4. The molecule has 1 fully saturated rings. The monoisotopic (exact) mass is 313 g/mol. The summed E-state index contributed by atoms with van der Waals surface area (Å²) in [5.74, 6) is 1.06. The molecule has 6 nitrogen and oxygen atoms in total. The number of allylic oxidation sites excluding steroid dienone is 2. The summed E-state index contributed by atoms with van der Waals surface area (Å²) in [6.45, 7) is 0. The van der Waals surface area contributed by atoms with Crippen molar-refractivity contribution in [1.82, 2.24) is 5.43 Å². The number of nitrogens with one attached hydrogen (secondary N) is 1. The summed E-state index contributed by atoms with van der Waals surface area (Å²) in [4.78, 5) is 22.3. The standard InChI is InChI=1S/C17H19N3O3/c21-17(16-14-5-3-1-2-4-6-15(14)16)19-18-11-12-7-9-13(10-8-12)20(22)23/h1-2,7-11,14-16H,3-6H2,(H,19,21)/b2-1-,18-11-/t14-,15-/m1/s1. The van der Waals surface area contributed by atoms with E-state index in [9.17, 15) is 14.9 Å². The molecule has 0 radical (unpaired) electrons. The molecule has 3 rings (SSSR count). The predicted molar refractivity (Wildman–Crippen MR) is 86.9 cm³/mol. The lowest BCUT2D eigenvalue weighted by Gasteiger charge is -1.99. The zero-order valence-electron chi connectivity index (χ0n) is 12.7. The van der Waals surface area contributed by atoms with E-state index in [4.69, 9.17) is 0 Å². The fourth-order valence-corrected chi connectivity index (χ4v) is 3.36. The van der Waals surface area contributed by atoms with Gasteiger partial charge in [-0.15, -0.1) is 0 Å². The first-order chi connectivity index (χ1) is 11.2. The number of non-ortho nitro benzene ring substituents is 1. The van der Waals surface area contributed by atoms with E-state index in [0.29, 0.717) is 17.4 Å². The molecule has 0 saturated heterocycles. The van der Waals surface area contributed by atoms with Gasteiger partial charge in [-0.2, -0.15) is 5.10 Å². The minimum absolute atomic E-state index is 0.0138. The van der Waals surface area contributed by atoms with E-state index in [1.165, 1.54) is 18.3 Å². The van der Waals surface area contributed by atoms with Crippen LogP contribution in [0, 0.1) is 27.9 Å². The van der Waals surface area contributed by atoms with Gasteiger partial charge in [0.2, 0.25) is 5.91 Å². The number of benzene rings is 1. The lowest BCUT2D eigenvalue weighted by molar-refractivity contribution is -0.384. The Morgan fingerprint density at radius 1 is 1.17 bits per heavy atom. The van der Waals surface area contributed by atoms with Crippen LogP contribution < -0.4 is 5.43 Å². The van der Waals surface area contributed by atoms with E-state index in [1.54, 1.807) is 12.1 Å². The second kappa shape index (κ2) is 6.73. The van der Waals surface area contributed by atoms with E-state index < -0.39 is 4.92 Å². The highest BCUT2D eigenvalue weighted by molar-refractivity contribution is 5.85. The number of nitro benzene ring substituents is 1. The van der Waals surface area contributed by atoms with Crippen molar-refractivity contribution in [1.29, 1.82) is 0 Å². The molecule has 1 N–H and O–H groups in total. The maximum atomic E-state index is 12.2. The highest BCUT2D eigenvalue weighted by atomic mass is 16.6. The normalized spacial score (nSPS) is 27.6. The maximum Gasteiger partial charge on any atom is 0.269 e. The minimum atomic E-state index is -0.447. The molecule has 2 aliphatic rings. The van der Waals surface area contributed by atoms with E-state index in [1.807, 2.05) is 0 Å². The quantitative estimate of drug-likeness (QED) is 0.401. The minimum Gasteiger partial charge on any atom is -0.273 e. The largest absolute Gasteiger partial charge is 0.273 e. The Bertz CT molecular complexity index is 636. The first-order valence-electron chi connectivity index (χ1n) is 7.89. The Morgan fingerprint density at radius 3 is 2.35 bits per heavy atom. The summed E-state index contributed by atoms with van der Waals surface area (Å²) < 4.78 is 0. The highest BCUT2D eigenvalue weighted by Gasteiger charge is 2.53. The van der Waals surface area contributed by atoms with Crippen LogP contribution in [0.5, 0.6) is 0 Å². The Hall–Kier alpha value is -2.50. The SMILES string of the molecule is O=C(N/N=C\c1ccc([N+](=O)[O-])cc1)C1[C@@H]2CC/C=C\CC[C@@H]12. The van der Waals surface area contributed by atoms with E-state index >= 15 is 0 Å². The zero-order chi connectivity index (χ0) is 16.2. The first-order valence-corrected chi connectivity index (χ1v) is 7.89. The van der Waals surface area contributed by atoms with Crippen molar-refractivity contribution >= 4 is 17.8 Å². The summed E-state index contributed by atoms with van der Waals surface area (Å²) in [6, 6.07) is 6.03. The number of hydrogen-bond donors (Lipinski definition) is 1. The van der Waals surface area contributed by atoms with Crippen LogP contribution in [0.4, 0.5) is 5.69 Å². The number of rotatable bonds is 4. The number of carbonyl (C=O) groups is 1. The number of hydrazone groups is 1. The molecular weight excluding hydrogens is 294 g/mol. The molecule has 1 amide bonds. The van der Waals surface area contributed by atoms with Crippen LogP contribution in [0.1, 0.15) is 31.2 Å². The summed E-state index contributed by atoms with van der Waals surface area (Å²) in [5, 5.41) is 14.6. The fraction of sp³-hybridized carbons (Fsp3) is 0.412. The molecule has 23 heavy (non-hydrogen) atoms. The molecule has 0 unspecified atom stereocenters. The van der Waals surface area contributed by atoms with Crippen LogP contribution >= 0.6 is 0 Å². The van der Waals surface area contributed by atoms with Gasteiger partial charge in [-0.3, -0.25) is 14.9 Å². The van der Waals surface area contributed by atoms with Crippen LogP contribution in [-0.2, 0) is 4.79 Å². The summed E-state index contributed by atoms with van der Waals surface area (Å²) in [7, 11) is 0. The highest BCUT2D eigenvalue weighted by Crippen LogP contribution is 2.52. The van der Waals surface area contributed by atoms with Crippen molar-refractivity contribution in [3.05, 3.63) is 52.1 Å². The van der Waals surface area contributed by atoms with Gasteiger partial charge in [0.05, 0.1) is 11.1 Å². The zero-order valence-corrected chi connectivity index (χ0v) is 12.7. The first kappa shape index (κ1) is 15.4. The molecule has 1 aromatic carbocycles. The Morgan fingerprint density at radius 2 is 1.78 bits per heavy atom. The second-order valence-corrected chi connectivity index (χ2v) is 6.06. The number of nitrogens with zero attached hydrogens (tertiary/aromatic N) is 2. The second-order valence-electron chi connectivity index (χ2n) is 6.06. The van der Waals surface area contributed by atoms with Gasteiger partial charge in [-0.1, -0.05) is 12.2 Å². The number of fused-ring (bicyclic) bond motifs is 1. The molecule has 120 valence electrons. The van der Waals surface area contributed by atoms with Crippen molar-refractivity contribution in [2.75, 3.05) is 0 Å². The molecule has 0 aromatic heterocycles. The number of nitro groups is 1. The van der Waals surface area contributed by atoms with Gasteiger partial charge in [0.25, 0.3) is 5.69 Å². The smallest absolute Gasteiger partial charge is 0.269 e. The predicted octanol–water partition coefficient (Wildman–Crippen LogP) is 3.04. The van der Waals surface area contributed by atoms with Gasteiger partial charge < -0.3 is 0 Å². The van der Waals surface area contributed by atoms with Crippen LogP contribution in [0.3, 0.4) is 0 Å². The third-order valence-corrected chi connectivity index (χ3v) is 4.63. The van der Waals surface area contributed by atoms with E-state index in [2.05, 4.69) is 22.7 Å². The number of amides is 1. The molecule has 6 heteroatoms. The molecule has 1 aromatic rings. The molecule has 2 aliphatic carbocycles. The Balaban J connectivity index is 1.52. The van der Waals surface area contributed by atoms with Crippen LogP contribution in [0.25, 0.3) is 0 Å². The van der Waals surface area contributed by atoms with Gasteiger partial charge >= 0.3 is 0 Å². The lowest BCUT2D eigenvalue weighted by atomic mass is 10.1. The third kappa shape index (κ3) is 3.64. The molecule has 0 heterocycles. The van der Waals surface area contributed by atoms with Crippen molar-refractivity contribution in [3.8, 4) is 0 Å². The van der Waals surface area contributed by atoms with Crippen molar-refractivity contribution < 1.29 is 9.72 Å². The van der Waals surface area contributed by atoms with Gasteiger partial charge in [-0.25, -0.2) is 5.43 Å². The van der Waals surface area contributed by atoms with Gasteiger partial charge in [-0.05, 0) is 55.2 Å². The molecule has 2 atom stereocenters. The van der Waals surface area contributed by atoms with Crippen LogP contribution in [-0.4, -0.2) is 17.0 Å². The van der Waals surface area contributed by atoms with Crippen molar-refractivity contribution in [2.24, 2.45) is 22.9 Å². The van der Waals surface area contributed by atoms with Crippen LogP contribution in [0.15, 0.2) is 41.5 Å². The van der Waals surface area contributed by atoms with Gasteiger partial charge in [0, 0.05) is 18.1 Å². The topological polar surface area (TPSA) is 84.6 Å². The van der Waals surface area contributed by atoms with Crippen LogP contribution in [0.2, 0.25) is 0 Å². The fourth-order valence-electron chi connectivity index (χ4n) is 3.36. The molecule has 1 saturated carbocycles. The van der Waals surface area contributed by atoms with Crippen molar-refractivity contribution in [3.63, 3.8) is 0 Å². The lowest BCUT2D eigenvalue weighted by Crippen LogP contribution is -2.21. The van der Waals surface area contributed by atoms with Crippen molar-refractivity contribution in [2.45, 2.75) is 25.7 Å². The average Bonchev–Trinajstić information content (AvgIpc) is 3.19. The summed E-state index contributed by atoms with van der Waals surface area (Å²) in [6.07, 6.45) is 10.2. The molecule has 0 bridgehead atoms.